The zero-order valence-corrected chi connectivity index (χ0v) is 8.92. The summed E-state index contributed by atoms with van der Waals surface area (Å²) in [6, 6.07) is 0. The molecule has 0 amide bonds. The van der Waals surface area contributed by atoms with Crippen molar-refractivity contribution < 1.29 is 0 Å². The first-order chi connectivity index (χ1) is 6.38. The van der Waals surface area contributed by atoms with Crippen LogP contribution in [0.15, 0.2) is 23.9 Å². The van der Waals surface area contributed by atoms with E-state index in [2.05, 4.69) is 37.0 Å². The number of hydrogen-bond acceptors (Lipinski definition) is 1. The number of hydrogen-bond donors (Lipinski definition) is 0. The summed E-state index contributed by atoms with van der Waals surface area (Å²) in [5.41, 5.74) is 1.53. The van der Waals surface area contributed by atoms with Crippen LogP contribution in [-0.2, 0) is 0 Å². The van der Waals surface area contributed by atoms with Crippen molar-refractivity contribution in [1.29, 1.82) is 0 Å². The van der Waals surface area contributed by atoms with Crippen LogP contribution < -0.4 is 0 Å². The maximum absolute atomic E-state index is 2.50. The van der Waals surface area contributed by atoms with Crippen LogP contribution in [0, 0.1) is 0 Å². The van der Waals surface area contributed by atoms with Gasteiger partial charge in [0, 0.05) is 18.8 Å². The Balaban J connectivity index is 2.55. The molecule has 0 bridgehead atoms. The molecule has 0 radical (unpaired) electrons. The number of nitrogens with zero attached hydrogens (tertiary/aromatic N) is 1. The lowest BCUT2D eigenvalue weighted by atomic mass is 10.2. The summed E-state index contributed by atoms with van der Waals surface area (Å²) in [4.78, 5) is 2.50. The minimum absolute atomic E-state index is 1.15. The molecule has 0 saturated carbocycles. The second kappa shape index (κ2) is 5.85. The smallest absolute Gasteiger partial charge is 0.0172 e. The fourth-order valence-electron chi connectivity index (χ4n) is 1.80. The lowest BCUT2D eigenvalue weighted by molar-refractivity contribution is 0.348. The van der Waals surface area contributed by atoms with E-state index < -0.39 is 0 Å². The molecular formula is C12H21N. The number of rotatable bonds is 4. The first-order valence-electron chi connectivity index (χ1n) is 5.49. The molecule has 0 fully saturated rings. The van der Waals surface area contributed by atoms with Crippen molar-refractivity contribution in [3.63, 3.8) is 0 Å². The topological polar surface area (TPSA) is 3.24 Å². The summed E-state index contributed by atoms with van der Waals surface area (Å²) in [5, 5.41) is 0. The van der Waals surface area contributed by atoms with Gasteiger partial charge in [-0.2, -0.15) is 0 Å². The van der Waals surface area contributed by atoms with Crippen LogP contribution in [0.1, 0.15) is 39.5 Å². The van der Waals surface area contributed by atoms with Gasteiger partial charge in [-0.05, 0) is 38.7 Å². The average molecular weight is 179 g/mol. The van der Waals surface area contributed by atoms with Crippen molar-refractivity contribution in [2.75, 3.05) is 13.1 Å². The molecule has 1 nitrogen and oxygen atoms in total. The molecule has 1 heteroatoms. The predicted octanol–water partition coefficient (Wildman–Crippen LogP) is 3.34. The van der Waals surface area contributed by atoms with Crippen molar-refractivity contribution in [3.8, 4) is 0 Å². The predicted molar refractivity (Wildman–Crippen MR) is 58.6 cm³/mol. The minimum atomic E-state index is 1.15. The molecule has 0 unspecified atom stereocenters. The van der Waals surface area contributed by atoms with Crippen LogP contribution in [0.5, 0.6) is 0 Å². The quantitative estimate of drug-likeness (QED) is 0.639. The molecule has 1 aliphatic rings. The van der Waals surface area contributed by atoms with Gasteiger partial charge in [0.15, 0.2) is 0 Å². The average Bonchev–Trinajstić information content (AvgIpc) is 2.42. The Kier molecular flexibility index (Phi) is 4.66. The van der Waals surface area contributed by atoms with Crippen LogP contribution in [0.4, 0.5) is 0 Å². The van der Waals surface area contributed by atoms with Crippen molar-refractivity contribution in [1.82, 2.24) is 4.90 Å². The Morgan fingerprint density at radius 2 is 2.23 bits per heavy atom. The highest BCUT2D eigenvalue weighted by Crippen LogP contribution is 2.16. The monoisotopic (exact) mass is 179 g/mol. The summed E-state index contributed by atoms with van der Waals surface area (Å²) in [6.45, 7) is 6.84. The van der Waals surface area contributed by atoms with Crippen molar-refractivity contribution >= 4 is 0 Å². The third-order valence-electron chi connectivity index (χ3n) is 2.51. The number of allylic oxidation sites excluding steroid dienone is 4. The molecule has 0 spiro atoms. The van der Waals surface area contributed by atoms with E-state index in [0.717, 1.165) is 6.54 Å². The van der Waals surface area contributed by atoms with Gasteiger partial charge < -0.3 is 4.90 Å². The molecule has 0 N–H and O–H groups in total. The van der Waals surface area contributed by atoms with Gasteiger partial charge in [0.05, 0.1) is 0 Å². The second-order valence-electron chi connectivity index (χ2n) is 3.56. The SMILES string of the molecule is CCCN(CC)C1=CC=CCCC1. The Hall–Kier alpha value is -0.720. The van der Waals surface area contributed by atoms with E-state index in [1.165, 1.54) is 37.9 Å². The van der Waals surface area contributed by atoms with Crippen LogP contribution >= 0.6 is 0 Å². The summed E-state index contributed by atoms with van der Waals surface area (Å²) in [7, 11) is 0. The molecule has 1 aliphatic carbocycles. The summed E-state index contributed by atoms with van der Waals surface area (Å²) >= 11 is 0. The zero-order chi connectivity index (χ0) is 9.52. The van der Waals surface area contributed by atoms with Crippen LogP contribution in [0.2, 0.25) is 0 Å². The third kappa shape index (κ3) is 3.25. The molecular weight excluding hydrogens is 158 g/mol. The van der Waals surface area contributed by atoms with E-state index in [-0.39, 0.29) is 0 Å². The third-order valence-corrected chi connectivity index (χ3v) is 2.51. The van der Waals surface area contributed by atoms with Crippen molar-refractivity contribution in [2.24, 2.45) is 0 Å². The second-order valence-corrected chi connectivity index (χ2v) is 3.56. The maximum atomic E-state index is 2.50. The normalized spacial score (nSPS) is 16.6. The van der Waals surface area contributed by atoms with Gasteiger partial charge in [-0.1, -0.05) is 19.1 Å². The van der Waals surface area contributed by atoms with Crippen LogP contribution in [0.25, 0.3) is 0 Å². The molecule has 74 valence electrons. The Labute approximate surface area is 82.1 Å². The molecule has 0 saturated heterocycles. The Bertz CT molecular complexity index is 191. The van der Waals surface area contributed by atoms with Gasteiger partial charge >= 0.3 is 0 Å². The molecule has 0 aromatic heterocycles. The molecule has 0 aliphatic heterocycles. The molecule has 13 heavy (non-hydrogen) atoms. The summed E-state index contributed by atoms with van der Waals surface area (Å²) < 4.78 is 0. The van der Waals surface area contributed by atoms with E-state index in [0.29, 0.717) is 0 Å². The maximum Gasteiger partial charge on any atom is 0.0172 e. The highest BCUT2D eigenvalue weighted by Gasteiger charge is 2.06. The van der Waals surface area contributed by atoms with Gasteiger partial charge in [-0.3, -0.25) is 0 Å². The fraction of sp³-hybridized carbons (Fsp3) is 0.667. The highest BCUT2D eigenvalue weighted by molar-refractivity contribution is 5.14. The van der Waals surface area contributed by atoms with Crippen molar-refractivity contribution in [2.45, 2.75) is 39.5 Å². The Morgan fingerprint density at radius 1 is 1.38 bits per heavy atom. The van der Waals surface area contributed by atoms with E-state index in [4.69, 9.17) is 0 Å². The van der Waals surface area contributed by atoms with E-state index in [1.807, 2.05) is 0 Å². The van der Waals surface area contributed by atoms with Gasteiger partial charge in [-0.25, -0.2) is 0 Å². The van der Waals surface area contributed by atoms with Crippen LogP contribution in [-0.4, -0.2) is 18.0 Å². The summed E-state index contributed by atoms with van der Waals surface area (Å²) in [5.74, 6) is 0. The first-order valence-corrected chi connectivity index (χ1v) is 5.49. The van der Waals surface area contributed by atoms with Crippen LogP contribution in [0.3, 0.4) is 0 Å². The largest absolute Gasteiger partial charge is 0.375 e. The molecule has 0 atom stereocenters. The Morgan fingerprint density at radius 3 is 2.92 bits per heavy atom. The first kappa shape index (κ1) is 10.4. The minimum Gasteiger partial charge on any atom is -0.375 e. The van der Waals surface area contributed by atoms with Gasteiger partial charge in [0.1, 0.15) is 0 Å². The molecule has 1 rings (SSSR count). The lowest BCUT2D eigenvalue weighted by Crippen LogP contribution is -2.23. The molecule has 0 heterocycles. The highest BCUT2D eigenvalue weighted by atomic mass is 15.1. The van der Waals surface area contributed by atoms with E-state index in [1.54, 1.807) is 0 Å². The fourth-order valence-corrected chi connectivity index (χ4v) is 1.80. The summed E-state index contributed by atoms with van der Waals surface area (Å²) in [6.07, 6.45) is 11.8. The van der Waals surface area contributed by atoms with Gasteiger partial charge in [-0.15, -0.1) is 0 Å². The zero-order valence-electron chi connectivity index (χ0n) is 8.92. The molecule has 0 aromatic rings. The standard InChI is InChI=1S/C12H21N/c1-3-11-13(4-2)12-9-7-5-6-8-10-12/h5,7,9H,3-4,6,8,10-11H2,1-2H3. The van der Waals surface area contributed by atoms with Crippen molar-refractivity contribution in [3.05, 3.63) is 23.9 Å². The van der Waals surface area contributed by atoms with Gasteiger partial charge in [0.25, 0.3) is 0 Å². The van der Waals surface area contributed by atoms with E-state index >= 15 is 0 Å². The van der Waals surface area contributed by atoms with Gasteiger partial charge in [0.2, 0.25) is 0 Å². The lowest BCUT2D eigenvalue weighted by Gasteiger charge is -2.25. The van der Waals surface area contributed by atoms with E-state index in [9.17, 15) is 0 Å². The molecule has 0 aromatic carbocycles.